The summed E-state index contributed by atoms with van der Waals surface area (Å²) >= 11 is 0. The Labute approximate surface area is 142 Å². The Morgan fingerprint density at radius 3 is 2.50 bits per heavy atom. The SMILES string of the molecule is COc1ccc(C)cc1NC(=O)CCCNc1nc(C)cc(C)n1. The molecule has 0 aliphatic heterocycles. The average molecular weight is 328 g/mol. The molecule has 0 atom stereocenters. The first kappa shape index (κ1) is 17.7. The van der Waals surface area contributed by atoms with Crippen molar-refractivity contribution in [1.29, 1.82) is 0 Å². The third-order valence-electron chi connectivity index (χ3n) is 3.48. The highest BCUT2D eigenvalue weighted by atomic mass is 16.5. The minimum absolute atomic E-state index is 0.0398. The van der Waals surface area contributed by atoms with E-state index in [1.165, 1.54) is 0 Å². The lowest BCUT2D eigenvalue weighted by Gasteiger charge is -2.11. The maximum absolute atomic E-state index is 12.1. The minimum atomic E-state index is -0.0398. The van der Waals surface area contributed by atoms with E-state index in [-0.39, 0.29) is 5.91 Å². The summed E-state index contributed by atoms with van der Waals surface area (Å²) < 4.78 is 5.26. The number of anilines is 2. The molecule has 1 heterocycles. The third kappa shape index (κ3) is 5.22. The van der Waals surface area contributed by atoms with E-state index >= 15 is 0 Å². The molecule has 0 aliphatic rings. The molecule has 2 aromatic rings. The number of aryl methyl sites for hydroxylation is 3. The normalized spacial score (nSPS) is 10.3. The van der Waals surface area contributed by atoms with Gasteiger partial charge in [0.25, 0.3) is 0 Å². The first-order chi connectivity index (χ1) is 11.5. The fourth-order valence-electron chi connectivity index (χ4n) is 2.39. The van der Waals surface area contributed by atoms with Crippen LogP contribution in [0.4, 0.5) is 11.6 Å². The molecule has 0 spiro atoms. The molecule has 2 N–H and O–H groups in total. The Morgan fingerprint density at radius 2 is 1.83 bits per heavy atom. The van der Waals surface area contributed by atoms with Crippen molar-refractivity contribution in [3.63, 3.8) is 0 Å². The zero-order valence-corrected chi connectivity index (χ0v) is 14.6. The predicted molar refractivity (Wildman–Crippen MR) is 95.6 cm³/mol. The van der Waals surface area contributed by atoms with Crippen molar-refractivity contribution < 1.29 is 9.53 Å². The maximum atomic E-state index is 12.1. The highest BCUT2D eigenvalue weighted by Crippen LogP contribution is 2.25. The van der Waals surface area contributed by atoms with Crippen molar-refractivity contribution in [1.82, 2.24) is 9.97 Å². The molecule has 0 fully saturated rings. The smallest absolute Gasteiger partial charge is 0.224 e. The van der Waals surface area contributed by atoms with E-state index in [0.717, 1.165) is 17.0 Å². The molecule has 1 aromatic heterocycles. The Kier molecular flexibility index (Phi) is 6.12. The number of hydrogen-bond acceptors (Lipinski definition) is 5. The second-order valence-electron chi connectivity index (χ2n) is 5.76. The summed E-state index contributed by atoms with van der Waals surface area (Å²) in [4.78, 5) is 20.7. The molecule has 24 heavy (non-hydrogen) atoms. The van der Waals surface area contributed by atoms with Crippen LogP contribution in [0.15, 0.2) is 24.3 Å². The number of carbonyl (C=O) groups excluding carboxylic acids is 1. The van der Waals surface area contributed by atoms with Crippen molar-refractivity contribution in [3.05, 3.63) is 41.2 Å². The van der Waals surface area contributed by atoms with E-state index in [4.69, 9.17) is 4.74 Å². The second-order valence-corrected chi connectivity index (χ2v) is 5.76. The second kappa shape index (κ2) is 8.29. The van der Waals surface area contributed by atoms with Crippen molar-refractivity contribution in [2.24, 2.45) is 0 Å². The molecule has 1 amide bonds. The monoisotopic (exact) mass is 328 g/mol. The summed E-state index contributed by atoms with van der Waals surface area (Å²) in [5.74, 6) is 1.23. The zero-order valence-electron chi connectivity index (χ0n) is 14.6. The molecule has 0 saturated heterocycles. The van der Waals surface area contributed by atoms with Gasteiger partial charge in [-0.25, -0.2) is 9.97 Å². The summed E-state index contributed by atoms with van der Waals surface area (Å²) in [6, 6.07) is 7.62. The first-order valence-corrected chi connectivity index (χ1v) is 7.98. The van der Waals surface area contributed by atoms with E-state index in [2.05, 4.69) is 20.6 Å². The summed E-state index contributed by atoms with van der Waals surface area (Å²) in [5.41, 5.74) is 3.62. The Hall–Kier alpha value is -2.63. The van der Waals surface area contributed by atoms with Gasteiger partial charge >= 0.3 is 0 Å². The van der Waals surface area contributed by atoms with Gasteiger partial charge in [-0.15, -0.1) is 0 Å². The number of aromatic nitrogens is 2. The molecule has 0 aliphatic carbocycles. The highest BCUT2D eigenvalue weighted by Gasteiger charge is 2.08. The molecule has 6 heteroatoms. The van der Waals surface area contributed by atoms with Crippen LogP contribution in [0.25, 0.3) is 0 Å². The van der Waals surface area contributed by atoms with Gasteiger partial charge in [0.15, 0.2) is 0 Å². The van der Waals surface area contributed by atoms with Crippen molar-refractivity contribution in [2.45, 2.75) is 33.6 Å². The fourth-order valence-corrected chi connectivity index (χ4v) is 2.39. The van der Waals surface area contributed by atoms with Crippen LogP contribution in [-0.4, -0.2) is 29.5 Å². The Morgan fingerprint density at radius 1 is 1.12 bits per heavy atom. The van der Waals surface area contributed by atoms with Crippen LogP contribution in [0.2, 0.25) is 0 Å². The number of carbonyl (C=O) groups is 1. The van der Waals surface area contributed by atoms with E-state index < -0.39 is 0 Å². The number of benzene rings is 1. The molecule has 0 saturated carbocycles. The molecule has 0 unspecified atom stereocenters. The van der Waals surface area contributed by atoms with Crippen LogP contribution in [0.1, 0.15) is 29.8 Å². The Bertz CT molecular complexity index is 696. The zero-order chi connectivity index (χ0) is 17.5. The lowest BCUT2D eigenvalue weighted by Crippen LogP contribution is -2.15. The summed E-state index contributed by atoms with van der Waals surface area (Å²) in [7, 11) is 1.59. The van der Waals surface area contributed by atoms with E-state index in [1.807, 2.05) is 45.0 Å². The minimum Gasteiger partial charge on any atom is -0.495 e. The van der Waals surface area contributed by atoms with Gasteiger partial charge in [0.05, 0.1) is 12.8 Å². The quantitative estimate of drug-likeness (QED) is 0.763. The van der Waals surface area contributed by atoms with Gasteiger partial charge in [0.1, 0.15) is 5.75 Å². The largest absolute Gasteiger partial charge is 0.495 e. The maximum Gasteiger partial charge on any atom is 0.224 e. The average Bonchev–Trinajstić information content (AvgIpc) is 2.51. The number of rotatable bonds is 7. The predicted octanol–water partition coefficient (Wildman–Crippen LogP) is 3.24. The molecule has 0 radical (unpaired) electrons. The van der Waals surface area contributed by atoms with Crippen molar-refractivity contribution >= 4 is 17.5 Å². The topological polar surface area (TPSA) is 76.1 Å². The van der Waals surface area contributed by atoms with Gasteiger partial charge in [-0.1, -0.05) is 6.07 Å². The molecule has 0 bridgehead atoms. The van der Waals surface area contributed by atoms with E-state index in [1.54, 1.807) is 7.11 Å². The van der Waals surface area contributed by atoms with Gasteiger partial charge in [-0.2, -0.15) is 0 Å². The van der Waals surface area contributed by atoms with E-state index in [0.29, 0.717) is 36.8 Å². The summed E-state index contributed by atoms with van der Waals surface area (Å²) in [6.07, 6.45) is 1.10. The van der Waals surface area contributed by atoms with Crippen LogP contribution in [0.3, 0.4) is 0 Å². The van der Waals surface area contributed by atoms with Gasteiger partial charge in [-0.3, -0.25) is 4.79 Å². The van der Waals surface area contributed by atoms with Gasteiger partial charge in [0, 0.05) is 24.4 Å². The van der Waals surface area contributed by atoms with Crippen LogP contribution in [0.5, 0.6) is 5.75 Å². The number of ether oxygens (including phenoxy) is 1. The van der Waals surface area contributed by atoms with Crippen LogP contribution < -0.4 is 15.4 Å². The molecular weight excluding hydrogens is 304 g/mol. The molecular formula is C18H24N4O2. The van der Waals surface area contributed by atoms with Crippen LogP contribution in [0, 0.1) is 20.8 Å². The van der Waals surface area contributed by atoms with Crippen molar-refractivity contribution in [2.75, 3.05) is 24.3 Å². The lowest BCUT2D eigenvalue weighted by atomic mass is 10.2. The van der Waals surface area contributed by atoms with Gasteiger partial charge < -0.3 is 15.4 Å². The fraction of sp³-hybridized carbons (Fsp3) is 0.389. The first-order valence-electron chi connectivity index (χ1n) is 7.98. The molecule has 2 rings (SSSR count). The van der Waals surface area contributed by atoms with E-state index in [9.17, 15) is 4.79 Å². The van der Waals surface area contributed by atoms with Crippen molar-refractivity contribution in [3.8, 4) is 5.75 Å². The number of nitrogens with one attached hydrogen (secondary N) is 2. The highest BCUT2D eigenvalue weighted by molar-refractivity contribution is 5.92. The van der Waals surface area contributed by atoms with Crippen LogP contribution >= 0.6 is 0 Å². The third-order valence-corrected chi connectivity index (χ3v) is 3.48. The number of methoxy groups -OCH3 is 1. The molecule has 6 nitrogen and oxygen atoms in total. The Balaban J connectivity index is 1.80. The van der Waals surface area contributed by atoms with Gasteiger partial charge in [0.2, 0.25) is 11.9 Å². The molecule has 128 valence electrons. The van der Waals surface area contributed by atoms with Crippen LogP contribution in [-0.2, 0) is 4.79 Å². The standard InChI is InChI=1S/C18H24N4O2/c1-12-7-8-16(24-4)15(10-12)22-17(23)6-5-9-19-18-20-13(2)11-14(3)21-18/h7-8,10-11H,5-6,9H2,1-4H3,(H,22,23)(H,19,20,21). The summed E-state index contributed by atoms with van der Waals surface area (Å²) in [5, 5.41) is 6.05. The molecule has 1 aromatic carbocycles. The number of amides is 1. The summed E-state index contributed by atoms with van der Waals surface area (Å²) in [6.45, 7) is 6.48. The number of nitrogens with zero attached hydrogens (tertiary/aromatic N) is 2. The number of hydrogen-bond donors (Lipinski definition) is 2. The lowest BCUT2D eigenvalue weighted by molar-refractivity contribution is -0.116. The van der Waals surface area contributed by atoms with Gasteiger partial charge in [-0.05, 0) is 51.0 Å².